The standard InChI is InChI=1S/C16H18FN3O/c1-16(2,8-12-4-6-14(17)7-5-12)15(20-21-3)13-9-18-11-19-10-13/h4-7,9-11H,8H2,1-3H3. The maximum atomic E-state index is 13.0. The van der Waals surface area contributed by atoms with E-state index in [2.05, 4.69) is 29.0 Å². The molecule has 5 heteroatoms. The smallest absolute Gasteiger partial charge is 0.123 e. The first-order valence-corrected chi connectivity index (χ1v) is 6.64. The normalized spacial score (nSPS) is 12.3. The summed E-state index contributed by atoms with van der Waals surface area (Å²) in [6, 6.07) is 6.49. The van der Waals surface area contributed by atoms with E-state index in [4.69, 9.17) is 4.84 Å². The van der Waals surface area contributed by atoms with Gasteiger partial charge in [0, 0.05) is 23.4 Å². The van der Waals surface area contributed by atoms with Gasteiger partial charge in [0.25, 0.3) is 0 Å². The van der Waals surface area contributed by atoms with Gasteiger partial charge in [-0.25, -0.2) is 14.4 Å². The van der Waals surface area contributed by atoms with Crippen LogP contribution in [0.3, 0.4) is 0 Å². The minimum atomic E-state index is -0.307. The molecule has 0 aliphatic carbocycles. The quantitative estimate of drug-likeness (QED) is 0.626. The molecule has 1 aromatic heterocycles. The molecule has 0 atom stereocenters. The van der Waals surface area contributed by atoms with Crippen LogP contribution in [0.25, 0.3) is 0 Å². The molecule has 0 spiro atoms. The van der Waals surface area contributed by atoms with Crippen molar-refractivity contribution in [2.75, 3.05) is 7.11 Å². The predicted molar refractivity (Wildman–Crippen MR) is 79.5 cm³/mol. The average molecular weight is 287 g/mol. The largest absolute Gasteiger partial charge is 0.399 e. The van der Waals surface area contributed by atoms with Crippen molar-refractivity contribution in [3.63, 3.8) is 0 Å². The zero-order valence-corrected chi connectivity index (χ0v) is 12.4. The Morgan fingerprint density at radius 1 is 1.19 bits per heavy atom. The number of oxime groups is 1. The Morgan fingerprint density at radius 3 is 2.38 bits per heavy atom. The fourth-order valence-corrected chi connectivity index (χ4v) is 2.28. The number of nitrogens with zero attached hydrogens (tertiary/aromatic N) is 3. The Hall–Kier alpha value is -2.30. The molecule has 2 aromatic rings. The number of hydrogen-bond donors (Lipinski definition) is 0. The molecule has 0 saturated carbocycles. The summed E-state index contributed by atoms with van der Waals surface area (Å²) in [4.78, 5) is 13.0. The molecule has 21 heavy (non-hydrogen) atoms. The van der Waals surface area contributed by atoms with Crippen molar-refractivity contribution in [3.05, 3.63) is 59.9 Å². The van der Waals surface area contributed by atoms with Crippen LogP contribution in [0.2, 0.25) is 0 Å². The minimum absolute atomic E-state index is 0.237. The molecule has 0 radical (unpaired) electrons. The summed E-state index contributed by atoms with van der Waals surface area (Å²) in [6.45, 7) is 4.11. The maximum Gasteiger partial charge on any atom is 0.123 e. The molecular weight excluding hydrogens is 269 g/mol. The highest BCUT2D eigenvalue weighted by molar-refractivity contribution is 6.03. The van der Waals surface area contributed by atoms with Gasteiger partial charge in [-0.2, -0.15) is 0 Å². The van der Waals surface area contributed by atoms with E-state index in [0.29, 0.717) is 6.42 Å². The molecule has 1 aromatic carbocycles. The molecule has 0 unspecified atom stereocenters. The van der Waals surface area contributed by atoms with E-state index in [1.165, 1.54) is 25.6 Å². The molecule has 0 aliphatic rings. The van der Waals surface area contributed by atoms with Gasteiger partial charge >= 0.3 is 0 Å². The SMILES string of the molecule is CON=C(c1cncnc1)C(C)(C)Cc1ccc(F)cc1. The van der Waals surface area contributed by atoms with Gasteiger partial charge in [-0.1, -0.05) is 31.1 Å². The second kappa shape index (κ2) is 6.43. The maximum absolute atomic E-state index is 13.0. The lowest BCUT2D eigenvalue weighted by atomic mass is 9.79. The van der Waals surface area contributed by atoms with Gasteiger partial charge in [0.1, 0.15) is 19.3 Å². The number of aromatic nitrogens is 2. The number of halogens is 1. The molecule has 110 valence electrons. The van der Waals surface area contributed by atoms with E-state index in [1.54, 1.807) is 24.5 Å². The fourth-order valence-electron chi connectivity index (χ4n) is 2.28. The Labute approximate surface area is 123 Å². The van der Waals surface area contributed by atoms with Crippen LogP contribution in [0.5, 0.6) is 0 Å². The third-order valence-corrected chi connectivity index (χ3v) is 3.22. The lowest BCUT2D eigenvalue weighted by Crippen LogP contribution is -2.28. The van der Waals surface area contributed by atoms with Gasteiger partial charge in [0.15, 0.2) is 0 Å². The van der Waals surface area contributed by atoms with Gasteiger partial charge in [0.2, 0.25) is 0 Å². The van der Waals surface area contributed by atoms with Crippen LogP contribution >= 0.6 is 0 Å². The highest BCUT2D eigenvalue weighted by atomic mass is 19.1. The summed E-state index contributed by atoms with van der Waals surface area (Å²) in [5.74, 6) is -0.237. The number of benzene rings is 1. The second-order valence-electron chi connectivity index (χ2n) is 5.44. The van der Waals surface area contributed by atoms with E-state index in [1.807, 2.05) is 0 Å². The molecule has 2 rings (SSSR count). The monoisotopic (exact) mass is 287 g/mol. The van der Waals surface area contributed by atoms with Crippen molar-refractivity contribution >= 4 is 5.71 Å². The van der Waals surface area contributed by atoms with E-state index < -0.39 is 0 Å². The van der Waals surface area contributed by atoms with Gasteiger partial charge < -0.3 is 4.84 Å². The molecule has 0 bridgehead atoms. The van der Waals surface area contributed by atoms with Crippen LogP contribution in [0.1, 0.15) is 25.0 Å². The highest BCUT2D eigenvalue weighted by Crippen LogP contribution is 2.27. The molecule has 1 heterocycles. The molecule has 0 aliphatic heterocycles. The molecule has 0 N–H and O–H groups in total. The highest BCUT2D eigenvalue weighted by Gasteiger charge is 2.28. The summed E-state index contributed by atoms with van der Waals surface area (Å²) in [5.41, 5.74) is 2.29. The van der Waals surface area contributed by atoms with Crippen LogP contribution in [0, 0.1) is 11.2 Å². The first kappa shape index (κ1) is 15.1. The Bertz CT molecular complexity index is 609. The summed E-state index contributed by atoms with van der Waals surface area (Å²) >= 11 is 0. The van der Waals surface area contributed by atoms with Gasteiger partial charge in [0.05, 0.1) is 5.71 Å². The third kappa shape index (κ3) is 3.84. The topological polar surface area (TPSA) is 47.4 Å². The summed E-state index contributed by atoms with van der Waals surface area (Å²) in [7, 11) is 1.51. The van der Waals surface area contributed by atoms with Gasteiger partial charge in [-0.05, 0) is 24.1 Å². The average Bonchev–Trinajstić information content (AvgIpc) is 2.48. The summed E-state index contributed by atoms with van der Waals surface area (Å²) < 4.78 is 13.0. The minimum Gasteiger partial charge on any atom is -0.399 e. The van der Waals surface area contributed by atoms with Gasteiger partial charge in [-0.3, -0.25) is 0 Å². The fraction of sp³-hybridized carbons (Fsp3) is 0.312. The molecule has 0 amide bonds. The lowest BCUT2D eigenvalue weighted by Gasteiger charge is -2.26. The van der Waals surface area contributed by atoms with Crippen LogP contribution in [0.15, 0.2) is 48.1 Å². The van der Waals surface area contributed by atoms with Crippen LogP contribution in [-0.2, 0) is 11.3 Å². The molecule has 4 nitrogen and oxygen atoms in total. The van der Waals surface area contributed by atoms with E-state index in [0.717, 1.165) is 16.8 Å². The Balaban J connectivity index is 2.30. The van der Waals surface area contributed by atoms with Crippen molar-refractivity contribution in [1.82, 2.24) is 9.97 Å². The summed E-state index contributed by atoms with van der Waals surface area (Å²) in [6.07, 6.45) is 5.58. The third-order valence-electron chi connectivity index (χ3n) is 3.22. The first-order chi connectivity index (χ1) is 10.0. The zero-order chi connectivity index (χ0) is 15.3. The van der Waals surface area contributed by atoms with Crippen molar-refractivity contribution in [1.29, 1.82) is 0 Å². The predicted octanol–water partition coefficient (Wildman–Crippen LogP) is 3.24. The Kier molecular flexibility index (Phi) is 4.62. The zero-order valence-electron chi connectivity index (χ0n) is 12.4. The van der Waals surface area contributed by atoms with Gasteiger partial charge in [-0.15, -0.1) is 0 Å². The second-order valence-corrected chi connectivity index (χ2v) is 5.44. The number of hydrogen-bond acceptors (Lipinski definition) is 4. The Morgan fingerprint density at radius 2 is 1.81 bits per heavy atom. The van der Waals surface area contributed by atoms with Crippen molar-refractivity contribution in [3.8, 4) is 0 Å². The number of rotatable bonds is 5. The van der Waals surface area contributed by atoms with Crippen LogP contribution in [-0.4, -0.2) is 22.8 Å². The lowest BCUT2D eigenvalue weighted by molar-refractivity contribution is 0.208. The molecule has 0 fully saturated rings. The van der Waals surface area contributed by atoms with E-state index >= 15 is 0 Å². The first-order valence-electron chi connectivity index (χ1n) is 6.64. The summed E-state index contributed by atoms with van der Waals surface area (Å²) in [5, 5.41) is 4.14. The van der Waals surface area contributed by atoms with Crippen LogP contribution < -0.4 is 0 Å². The van der Waals surface area contributed by atoms with Crippen molar-refractivity contribution in [2.24, 2.45) is 10.6 Å². The molecule has 0 saturated heterocycles. The van der Waals surface area contributed by atoms with E-state index in [-0.39, 0.29) is 11.2 Å². The van der Waals surface area contributed by atoms with E-state index in [9.17, 15) is 4.39 Å². The molecular formula is C16H18FN3O. The van der Waals surface area contributed by atoms with Crippen LogP contribution in [0.4, 0.5) is 4.39 Å². The van der Waals surface area contributed by atoms with Crippen molar-refractivity contribution in [2.45, 2.75) is 20.3 Å². The van der Waals surface area contributed by atoms with Crippen molar-refractivity contribution < 1.29 is 9.23 Å².